The first kappa shape index (κ1) is 30.1. The third kappa shape index (κ3) is 4.39. The average Bonchev–Trinajstić information content (AvgIpc) is 2.65. The van der Waals surface area contributed by atoms with E-state index in [2.05, 4.69) is 0 Å². The van der Waals surface area contributed by atoms with E-state index in [9.17, 15) is 75.4 Å². The molecule has 0 aliphatic rings. The SMILES string of the molecule is CCc1cccc(C(O)(CC(F)(F)C(F)(F)C(F)(F)C(F)(F)C(F)(F)C(F)(F)F)C(F)(F)F)c1. The molecule has 0 fully saturated rings. The first-order chi connectivity index (χ1) is 14.7. The van der Waals surface area contributed by atoms with Gasteiger partial charge in [0.2, 0.25) is 0 Å². The Kier molecular flexibility index (Phi) is 7.37. The molecule has 34 heavy (non-hydrogen) atoms. The fourth-order valence-electron chi connectivity index (χ4n) is 2.65. The summed E-state index contributed by atoms with van der Waals surface area (Å²) in [6.07, 6.45) is -18.0. The number of halogens is 16. The molecule has 198 valence electrons. The minimum atomic E-state index is -8.26. The average molecular weight is 536 g/mol. The maximum atomic E-state index is 14.1. The van der Waals surface area contributed by atoms with E-state index in [-0.39, 0.29) is 18.1 Å². The van der Waals surface area contributed by atoms with Gasteiger partial charge in [-0.15, -0.1) is 0 Å². The van der Waals surface area contributed by atoms with Crippen molar-refractivity contribution in [2.45, 2.75) is 67.3 Å². The summed E-state index contributed by atoms with van der Waals surface area (Å²) in [7, 11) is 0. The summed E-state index contributed by atoms with van der Waals surface area (Å²) in [5.74, 6) is -39.6. The van der Waals surface area contributed by atoms with Crippen LogP contribution in [-0.2, 0) is 12.0 Å². The number of aryl methyl sites for hydroxylation is 1. The van der Waals surface area contributed by atoms with Crippen LogP contribution in [0.3, 0.4) is 0 Å². The van der Waals surface area contributed by atoms with Crippen LogP contribution in [0.1, 0.15) is 24.5 Å². The third-order valence-corrected chi connectivity index (χ3v) is 4.76. The van der Waals surface area contributed by atoms with Crippen LogP contribution >= 0.6 is 0 Å². The first-order valence-corrected chi connectivity index (χ1v) is 8.59. The normalized spacial score (nSPS) is 17.0. The highest BCUT2D eigenvalue weighted by Gasteiger charge is 2.91. The van der Waals surface area contributed by atoms with Gasteiger partial charge in [0.25, 0.3) is 0 Å². The van der Waals surface area contributed by atoms with E-state index in [0.717, 1.165) is 6.07 Å². The molecule has 1 unspecified atom stereocenters. The van der Waals surface area contributed by atoms with Crippen LogP contribution in [0.25, 0.3) is 0 Å². The third-order valence-electron chi connectivity index (χ3n) is 4.76. The van der Waals surface area contributed by atoms with E-state index in [1.807, 2.05) is 0 Å². The van der Waals surface area contributed by atoms with Gasteiger partial charge in [0.1, 0.15) is 0 Å². The Labute approximate surface area is 179 Å². The summed E-state index contributed by atoms with van der Waals surface area (Å²) in [5.41, 5.74) is -6.94. The molecule has 0 heterocycles. The fourth-order valence-corrected chi connectivity index (χ4v) is 2.65. The molecular weight excluding hydrogens is 524 g/mol. The van der Waals surface area contributed by atoms with E-state index in [4.69, 9.17) is 0 Å². The molecule has 1 aromatic carbocycles. The highest BCUT2D eigenvalue weighted by molar-refractivity contribution is 5.30. The summed E-state index contributed by atoms with van der Waals surface area (Å²) < 4.78 is 211. The first-order valence-electron chi connectivity index (χ1n) is 8.59. The van der Waals surface area contributed by atoms with Gasteiger partial charge in [0.05, 0.1) is 6.42 Å². The van der Waals surface area contributed by atoms with Crippen LogP contribution in [0.5, 0.6) is 0 Å². The van der Waals surface area contributed by atoms with Crippen molar-refractivity contribution in [3.8, 4) is 0 Å². The van der Waals surface area contributed by atoms with Gasteiger partial charge in [-0.05, 0) is 17.5 Å². The van der Waals surface area contributed by atoms with E-state index in [1.54, 1.807) is 0 Å². The van der Waals surface area contributed by atoms with Gasteiger partial charge in [-0.3, -0.25) is 0 Å². The zero-order valence-electron chi connectivity index (χ0n) is 16.2. The molecule has 0 saturated carbocycles. The van der Waals surface area contributed by atoms with Crippen molar-refractivity contribution >= 4 is 0 Å². The van der Waals surface area contributed by atoms with E-state index in [1.165, 1.54) is 6.92 Å². The second-order valence-corrected chi connectivity index (χ2v) is 7.09. The van der Waals surface area contributed by atoms with Gasteiger partial charge in [-0.25, -0.2) is 0 Å². The van der Waals surface area contributed by atoms with Crippen LogP contribution < -0.4 is 0 Å². The molecule has 0 radical (unpaired) electrons. The fraction of sp³-hybridized carbons (Fsp3) is 0.647. The molecule has 0 aliphatic carbocycles. The highest BCUT2D eigenvalue weighted by atomic mass is 19.4. The monoisotopic (exact) mass is 536 g/mol. The molecule has 17 heteroatoms. The molecule has 0 amide bonds. The van der Waals surface area contributed by atoms with Crippen molar-refractivity contribution < 1.29 is 75.4 Å². The van der Waals surface area contributed by atoms with Gasteiger partial charge >= 0.3 is 42.0 Å². The number of benzene rings is 1. The Morgan fingerprint density at radius 2 is 1.06 bits per heavy atom. The molecule has 1 atom stereocenters. The Balaban J connectivity index is 3.69. The number of aliphatic hydroxyl groups is 1. The smallest absolute Gasteiger partial charge is 0.376 e. The highest BCUT2D eigenvalue weighted by Crippen LogP contribution is 2.62. The van der Waals surface area contributed by atoms with Crippen molar-refractivity contribution in [1.82, 2.24) is 0 Å². The maximum Gasteiger partial charge on any atom is 0.460 e. The second-order valence-electron chi connectivity index (χ2n) is 7.09. The summed E-state index contributed by atoms with van der Waals surface area (Å²) in [6, 6.07) is 2.30. The molecule has 0 bridgehead atoms. The van der Waals surface area contributed by atoms with E-state index >= 15 is 0 Å². The largest absolute Gasteiger partial charge is 0.460 e. The second kappa shape index (κ2) is 8.33. The van der Waals surface area contributed by atoms with Gasteiger partial charge in [-0.2, -0.15) is 70.2 Å². The van der Waals surface area contributed by atoms with E-state index < -0.39 is 59.6 Å². The summed E-state index contributed by atoms with van der Waals surface area (Å²) in [6.45, 7) is 1.29. The molecule has 1 rings (SSSR count). The van der Waals surface area contributed by atoms with Crippen molar-refractivity contribution in [2.75, 3.05) is 0 Å². The van der Waals surface area contributed by atoms with Crippen molar-refractivity contribution in [2.24, 2.45) is 0 Å². The van der Waals surface area contributed by atoms with Gasteiger partial charge < -0.3 is 5.11 Å². The maximum absolute atomic E-state index is 14.1. The molecule has 1 nitrogen and oxygen atoms in total. The van der Waals surface area contributed by atoms with Gasteiger partial charge in [-0.1, -0.05) is 31.2 Å². The molecule has 0 aromatic heterocycles. The lowest BCUT2D eigenvalue weighted by Crippen LogP contribution is -2.70. The lowest BCUT2D eigenvalue weighted by molar-refractivity contribution is -0.443. The Morgan fingerprint density at radius 1 is 0.618 bits per heavy atom. The van der Waals surface area contributed by atoms with Crippen LogP contribution in [0.4, 0.5) is 70.2 Å². The number of hydrogen-bond donors (Lipinski definition) is 1. The number of rotatable bonds is 8. The zero-order valence-corrected chi connectivity index (χ0v) is 16.2. The Hall–Kier alpha value is -1.94. The van der Waals surface area contributed by atoms with Crippen LogP contribution in [-0.4, -0.2) is 47.1 Å². The standard InChI is InChI=1S/C17H12F16O/c1-2-8-4-3-5-9(6-8)10(34,16(28,29)30)7-11(18,19)12(20,21)13(22,23)14(24,25)15(26,27)17(31,32)33/h3-6,34H,2,7H2,1H3. The lowest BCUT2D eigenvalue weighted by atomic mass is 9.82. The van der Waals surface area contributed by atoms with Crippen molar-refractivity contribution in [1.29, 1.82) is 0 Å². The molecule has 1 aromatic rings. The molecule has 0 aliphatic heterocycles. The molecule has 1 N–H and O–H groups in total. The van der Waals surface area contributed by atoms with Crippen LogP contribution in [0.15, 0.2) is 24.3 Å². The topological polar surface area (TPSA) is 20.2 Å². The quantitative estimate of drug-likeness (QED) is 0.351. The lowest BCUT2D eigenvalue weighted by Gasteiger charge is -2.42. The Bertz CT molecular complexity index is 869. The predicted octanol–water partition coefficient (Wildman–Crippen LogP) is 7.13. The molecular formula is C17H12F16O. The summed E-state index contributed by atoms with van der Waals surface area (Å²) in [5, 5.41) is 9.80. The Morgan fingerprint density at radius 3 is 1.44 bits per heavy atom. The van der Waals surface area contributed by atoms with Crippen molar-refractivity contribution in [3.05, 3.63) is 35.4 Å². The zero-order chi connectivity index (χ0) is 27.4. The van der Waals surface area contributed by atoms with Crippen LogP contribution in [0.2, 0.25) is 0 Å². The minimum Gasteiger partial charge on any atom is -0.376 e. The molecule has 0 spiro atoms. The number of hydrogen-bond acceptors (Lipinski definition) is 1. The van der Waals surface area contributed by atoms with Gasteiger partial charge in [0.15, 0.2) is 5.60 Å². The molecule has 0 saturated heterocycles. The summed E-state index contributed by atoms with van der Waals surface area (Å²) in [4.78, 5) is 0. The van der Waals surface area contributed by atoms with Crippen molar-refractivity contribution in [3.63, 3.8) is 0 Å². The van der Waals surface area contributed by atoms with Gasteiger partial charge in [0, 0.05) is 0 Å². The predicted molar refractivity (Wildman–Crippen MR) is 81.2 cm³/mol. The van der Waals surface area contributed by atoms with E-state index in [0.29, 0.717) is 12.1 Å². The van der Waals surface area contributed by atoms with Crippen LogP contribution in [0, 0.1) is 0 Å². The minimum absolute atomic E-state index is 0.134. The number of alkyl halides is 16. The summed E-state index contributed by atoms with van der Waals surface area (Å²) >= 11 is 0.